The second kappa shape index (κ2) is 3.42. The molecule has 0 saturated carbocycles. The van der Waals surface area contributed by atoms with Gasteiger partial charge in [-0.2, -0.15) is 0 Å². The Labute approximate surface area is 71.1 Å². The van der Waals surface area contributed by atoms with Crippen molar-refractivity contribution in [3.8, 4) is 11.8 Å². The van der Waals surface area contributed by atoms with Crippen molar-refractivity contribution in [1.29, 1.82) is 0 Å². The van der Waals surface area contributed by atoms with E-state index in [1.807, 2.05) is 0 Å². The van der Waals surface area contributed by atoms with E-state index in [1.54, 1.807) is 12.3 Å². The number of hydrogen-bond donors (Lipinski definition) is 1. The molecule has 62 valence electrons. The fourth-order valence-corrected chi connectivity index (χ4v) is 1.25. The molecule has 0 spiro atoms. The van der Waals surface area contributed by atoms with E-state index in [4.69, 9.17) is 4.52 Å². The summed E-state index contributed by atoms with van der Waals surface area (Å²) in [5.74, 6) is 6.66. The fraction of sp³-hybridized carbons (Fsp3) is 0.444. The average molecular weight is 162 g/mol. The van der Waals surface area contributed by atoms with Gasteiger partial charge >= 0.3 is 0 Å². The van der Waals surface area contributed by atoms with Crippen LogP contribution in [0.5, 0.6) is 0 Å². The summed E-state index contributed by atoms with van der Waals surface area (Å²) >= 11 is 0. The Morgan fingerprint density at radius 2 is 2.67 bits per heavy atom. The van der Waals surface area contributed by atoms with Crippen molar-refractivity contribution in [2.45, 2.75) is 18.9 Å². The predicted octanol–water partition coefficient (Wildman–Crippen LogP) is 0.778. The number of nitrogens with one attached hydrogen (secondary N) is 1. The number of nitrogens with zero attached hydrogens (tertiary/aromatic N) is 1. The molecule has 0 amide bonds. The van der Waals surface area contributed by atoms with Gasteiger partial charge in [0.2, 0.25) is 5.76 Å². The van der Waals surface area contributed by atoms with E-state index in [0.29, 0.717) is 11.8 Å². The Kier molecular flexibility index (Phi) is 2.10. The van der Waals surface area contributed by atoms with Crippen LogP contribution >= 0.6 is 0 Å². The van der Waals surface area contributed by atoms with Gasteiger partial charge in [0.1, 0.15) is 0 Å². The summed E-state index contributed by atoms with van der Waals surface area (Å²) in [6.45, 7) is 1.08. The molecule has 1 aliphatic rings. The lowest BCUT2D eigenvalue weighted by molar-refractivity contribution is 0.411. The van der Waals surface area contributed by atoms with Gasteiger partial charge in [-0.05, 0) is 25.3 Å². The van der Waals surface area contributed by atoms with Crippen molar-refractivity contribution in [2.24, 2.45) is 0 Å². The molecular weight excluding hydrogens is 152 g/mol. The fourth-order valence-electron chi connectivity index (χ4n) is 1.25. The molecule has 1 atom stereocenters. The van der Waals surface area contributed by atoms with Gasteiger partial charge in [-0.25, -0.2) is 0 Å². The van der Waals surface area contributed by atoms with E-state index in [2.05, 4.69) is 22.3 Å². The summed E-state index contributed by atoms with van der Waals surface area (Å²) in [6.07, 6.45) is 3.96. The lowest BCUT2D eigenvalue weighted by Crippen LogP contribution is -2.18. The first-order chi connectivity index (χ1) is 5.95. The highest BCUT2D eigenvalue weighted by atomic mass is 16.5. The Hall–Kier alpha value is -1.27. The second-order valence-corrected chi connectivity index (χ2v) is 2.79. The van der Waals surface area contributed by atoms with Crippen LogP contribution in [0.15, 0.2) is 16.8 Å². The first-order valence-corrected chi connectivity index (χ1v) is 4.11. The summed E-state index contributed by atoms with van der Waals surface area (Å²) < 4.78 is 4.84. The van der Waals surface area contributed by atoms with Crippen LogP contribution in [-0.2, 0) is 0 Å². The van der Waals surface area contributed by atoms with E-state index >= 15 is 0 Å². The van der Waals surface area contributed by atoms with Crippen LogP contribution < -0.4 is 5.32 Å². The molecule has 1 N–H and O–H groups in total. The zero-order valence-corrected chi connectivity index (χ0v) is 6.71. The topological polar surface area (TPSA) is 38.1 Å². The van der Waals surface area contributed by atoms with Gasteiger partial charge in [0, 0.05) is 6.07 Å². The molecule has 1 aromatic heterocycles. The van der Waals surface area contributed by atoms with Crippen molar-refractivity contribution in [3.63, 3.8) is 0 Å². The van der Waals surface area contributed by atoms with Crippen LogP contribution in [0, 0.1) is 11.8 Å². The first-order valence-electron chi connectivity index (χ1n) is 4.11. The normalized spacial score (nSPS) is 21.8. The highest BCUT2D eigenvalue weighted by Gasteiger charge is 2.09. The van der Waals surface area contributed by atoms with Crippen LogP contribution in [0.25, 0.3) is 0 Å². The second-order valence-electron chi connectivity index (χ2n) is 2.79. The van der Waals surface area contributed by atoms with Gasteiger partial charge in [0.25, 0.3) is 0 Å². The maximum Gasteiger partial charge on any atom is 0.209 e. The zero-order valence-electron chi connectivity index (χ0n) is 6.71. The summed E-state index contributed by atoms with van der Waals surface area (Å²) in [5.41, 5.74) is 0. The zero-order chi connectivity index (χ0) is 8.23. The molecule has 0 radical (unpaired) electrons. The van der Waals surface area contributed by atoms with Gasteiger partial charge < -0.3 is 9.84 Å². The molecule has 3 heteroatoms. The minimum Gasteiger partial charge on any atom is -0.348 e. The monoisotopic (exact) mass is 162 g/mol. The molecule has 0 aliphatic carbocycles. The molecule has 1 aromatic rings. The third-order valence-electron chi connectivity index (χ3n) is 1.87. The van der Waals surface area contributed by atoms with Crippen LogP contribution in [0.3, 0.4) is 0 Å². The summed E-state index contributed by atoms with van der Waals surface area (Å²) in [6, 6.07) is 2.11. The van der Waals surface area contributed by atoms with Crippen LogP contribution in [0.4, 0.5) is 0 Å². The van der Waals surface area contributed by atoms with Gasteiger partial charge in [0.15, 0.2) is 0 Å². The van der Waals surface area contributed by atoms with E-state index < -0.39 is 0 Å². The van der Waals surface area contributed by atoms with E-state index in [-0.39, 0.29) is 0 Å². The lowest BCUT2D eigenvalue weighted by Gasteiger charge is -1.96. The van der Waals surface area contributed by atoms with Crippen LogP contribution in [0.2, 0.25) is 0 Å². The Morgan fingerprint density at radius 3 is 3.33 bits per heavy atom. The summed E-state index contributed by atoms with van der Waals surface area (Å²) in [5, 5.41) is 6.85. The largest absolute Gasteiger partial charge is 0.348 e. The predicted molar refractivity (Wildman–Crippen MR) is 44.4 cm³/mol. The third-order valence-corrected chi connectivity index (χ3v) is 1.87. The van der Waals surface area contributed by atoms with Gasteiger partial charge in [-0.3, -0.25) is 0 Å². The minimum atomic E-state index is 0.343. The highest BCUT2D eigenvalue weighted by molar-refractivity contribution is 5.25. The molecule has 2 heterocycles. The molecule has 0 bridgehead atoms. The van der Waals surface area contributed by atoms with Crippen molar-refractivity contribution in [2.75, 3.05) is 6.54 Å². The maximum atomic E-state index is 4.84. The molecular formula is C9H10N2O. The van der Waals surface area contributed by atoms with Crippen molar-refractivity contribution >= 4 is 0 Å². The maximum absolute atomic E-state index is 4.84. The molecule has 1 fully saturated rings. The van der Waals surface area contributed by atoms with Gasteiger partial charge in [0.05, 0.1) is 12.2 Å². The Balaban J connectivity index is 2.00. The van der Waals surface area contributed by atoms with Gasteiger partial charge in [-0.1, -0.05) is 11.1 Å². The number of aromatic nitrogens is 1. The smallest absolute Gasteiger partial charge is 0.209 e. The first kappa shape index (κ1) is 7.38. The third kappa shape index (κ3) is 1.66. The SMILES string of the molecule is C(#C[C@@H]1CCCN1)c1ccno1. The quantitative estimate of drug-likeness (QED) is 0.573. The lowest BCUT2D eigenvalue weighted by atomic mass is 10.2. The molecule has 2 rings (SSSR count). The molecule has 1 saturated heterocycles. The van der Waals surface area contributed by atoms with E-state index in [1.165, 1.54) is 6.42 Å². The number of rotatable bonds is 0. The van der Waals surface area contributed by atoms with E-state index in [9.17, 15) is 0 Å². The Bertz CT molecular complexity index is 288. The molecule has 3 nitrogen and oxygen atoms in total. The summed E-state index contributed by atoms with van der Waals surface area (Å²) in [7, 11) is 0. The van der Waals surface area contributed by atoms with Crippen molar-refractivity contribution < 1.29 is 4.52 Å². The van der Waals surface area contributed by atoms with Crippen molar-refractivity contribution in [1.82, 2.24) is 10.5 Å². The molecule has 1 aliphatic heterocycles. The Morgan fingerprint density at radius 1 is 1.67 bits per heavy atom. The van der Waals surface area contributed by atoms with Crippen LogP contribution in [0.1, 0.15) is 18.6 Å². The van der Waals surface area contributed by atoms with Crippen LogP contribution in [-0.4, -0.2) is 17.7 Å². The van der Waals surface area contributed by atoms with E-state index in [0.717, 1.165) is 13.0 Å². The molecule has 12 heavy (non-hydrogen) atoms. The number of hydrogen-bond acceptors (Lipinski definition) is 3. The molecule has 0 aromatic carbocycles. The average Bonchev–Trinajstić information content (AvgIpc) is 2.74. The molecule has 0 unspecified atom stereocenters. The van der Waals surface area contributed by atoms with Gasteiger partial charge in [-0.15, -0.1) is 0 Å². The minimum absolute atomic E-state index is 0.343. The van der Waals surface area contributed by atoms with Crippen molar-refractivity contribution in [3.05, 3.63) is 18.0 Å². The summed E-state index contributed by atoms with van der Waals surface area (Å²) in [4.78, 5) is 0. The standard InChI is InChI=1S/C9H10N2O/c1-2-8(10-6-1)3-4-9-5-7-11-12-9/h5,7-8,10H,1-2,6H2/t8-/m0/s1. The highest BCUT2D eigenvalue weighted by Crippen LogP contribution is 2.03.